The molecule has 1 aromatic rings. The molecule has 0 bridgehead atoms. The zero-order chi connectivity index (χ0) is 10.7. The van der Waals surface area contributed by atoms with Gasteiger partial charge in [-0.2, -0.15) is 0 Å². The molecule has 0 saturated heterocycles. The first kappa shape index (κ1) is 10.1. The van der Waals surface area contributed by atoms with Gasteiger partial charge < -0.3 is 4.74 Å². The number of ether oxygens (including phenoxy) is 1. The van der Waals surface area contributed by atoms with E-state index in [1.54, 1.807) is 0 Å². The van der Waals surface area contributed by atoms with Crippen LogP contribution in [0, 0.1) is 0 Å². The molecule has 0 aromatic heterocycles. The lowest BCUT2D eigenvalue weighted by Crippen LogP contribution is -2.03. The lowest BCUT2D eigenvalue weighted by Gasteiger charge is -2.03. The highest BCUT2D eigenvalue weighted by Crippen LogP contribution is 2.12. The van der Waals surface area contributed by atoms with Crippen LogP contribution in [0.3, 0.4) is 0 Å². The zero-order valence-electron chi connectivity index (χ0n) is 8.64. The second-order valence-electron chi connectivity index (χ2n) is 3.60. The summed E-state index contributed by atoms with van der Waals surface area (Å²) in [4.78, 5) is 8.92. The Hall–Kier alpha value is -1.39. The third kappa shape index (κ3) is 2.34. The molecule has 0 aliphatic carbocycles. The lowest BCUT2D eigenvalue weighted by atomic mass is 10.1. The summed E-state index contributed by atoms with van der Waals surface area (Å²) in [5, 5.41) is 0. The summed E-state index contributed by atoms with van der Waals surface area (Å²) in [5.74, 6) is 5.72. The highest BCUT2D eigenvalue weighted by Gasteiger charge is 2.15. The monoisotopic (exact) mass is 206 g/mol. The first-order valence-corrected chi connectivity index (χ1v) is 4.91. The molecular weight excluding hydrogens is 192 g/mol. The summed E-state index contributed by atoms with van der Waals surface area (Å²) < 4.78 is 5.45. The number of nitrogens with two attached hydrogens (primary N) is 1. The van der Waals surface area contributed by atoms with Gasteiger partial charge in [-0.1, -0.05) is 12.1 Å². The SMILES string of the molecule is CC1COC(c2ccc(CON)cc2)=N1. The van der Waals surface area contributed by atoms with Gasteiger partial charge in [-0.05, 0) is 24.6 Å². The van der Waals surface area contributed by atoms with Crippen LogP contribution in [-0.4, -0.2) is 18.5 Å². The Kier molecular flexibility index (Phi) is 2.99. The van der Waals surface area contributed by atoms with Gasteiger partial charge in [0.05, 0.1) is 12.6 Å². The summed E-state index contributed by atoms with van der Waals surface area (Å²) in [6, 6.07) is 8.09. The number of nitrogens with zero attached hydrogens (tertiary/aromatic N) is 1. The molecule has 4 nitrogen and oxygen atoms in total. The van der Waals surface area contributed by atoms with Crippen LogP contribution < -0.4 is 5.90 Å². The second kappa shape index (κ2) is 4.42. The molecule has 80 valence electrons. The average Bonchev–Trinajstić information content (AvgIpc) is 2.67. The average molecular weight is 206 g/mol. The minimum Gasteiger partial charge on any atom is -0.475 e. The molecule has 15 heavy (non-hydrogen) atoms. The molecule has 1 heterocycles. The normalized spacial score (nSPS) is 19.9. The summed E-state index contributed by atoms with van der Waals surface area (Å²) in [5.41, 5.74) is 2.04. The Morgan fingerprint density at radius 1 is 1.47 bits per heavy atom. The number of aliphatic imine (C=N–C) groups is 1. The van der Waals surface area contributed by atoms with Gasteiger partial charge in [0.15, 0.2) is 0 Å². The predicted molar refractivity (Wildman–Crippen MR) is 57.4 cm³/mol. The van der Waals surface area contributed by atoms with Crippen molar-refractivity contribution >= 4 is 5.90 Å². The molecule has 2 rings (SSSR count). The fraction of sp³-hybridized carbons (Fsp3) is 0.364. The molecular formula is C11H14N2O2. The van der Waals surface area contributed by atoms with Crippen LogP contribution in [0.25, 0.3) is 0 Å². The highest BCUT2D eigenvalue weighted by atomic mass is 16.6. The first-order chi connectivity index (χ1) is 7.29. The summed E-state index contributed by atoms with van der Waals surface area (Å²) in [6.45, 7) is 3.12. The van der Waals surface area contributed by atoms with Crippen molar-refractivity contribution in [2.45, 2.75) is 19.6 Å². The summed E-state index contributed by atoms with van der Waals surface area (Å²) in [6.07, 6.45) is 0. The number of benzene rings is 1. The minimum atomic E-state index is 0.257. The maximum atomic E-state index is 5.45. The molecule has 0 spiro atoms. The van der Waals surface area contributed by atoms with Gasteiger partial charge in [0.25, 0.3) is 0 Å². The van der Waals surface area contributed by atoms with Crippen LogP contribution in [-0.2, 0) is 16.2 Å². The number of hydrogen-bond donors (Lipinski definition) is 1. The lowest BCUT2D eigenvalue weighted by molar-refractivity contribution is 0.124. The fourth-order valence-corrected chi connectivity index (χ4v) is 1.47. The molecule has 1 aliphatic heterocycles. The van der Waals surface area contributed by atoms with Crippen molar-refractivity contribution < 1.29 is 9.57 Å². The third-order valence-corrected chi connectivity index (χ3v) is 2.25. The largest absolute Gasteiger partial charge is 0.475 e. The van der Waals surface area contributed by atoms with E-state index in [0.717, 1.165) is 17.0 Å². The van der Waals surface area contributed by atoms with Crippen LogP contribution in [0.15, 0.2) is 29.3 Å². The first-order valence-electron chi connectivity index (χ1n) is 4.91. The van der Waals surface area contributed by atoms with Crippen LogP contribution in [0.1, 0.15) is 18.1 Å². The van der Waals surface area contributed by atoms with Crippen molar-refractivity contribution in [2.24, 2.45) is 10.9 Å². The van der Waals surface area contributed by atoms with Crippen LogP contribution in [0.2, 0.25) is 0 Å². The highest BCUT2D eigenvalue weighted by molar-refractivity contribution is 5.95. The van der Waals surface area contributed by atoms with E-state index in [9.17, 15) is 0 Å². The Bertz CT molecular complexity index is 359. The van der Waals surface area contributed by atoms with Gasteiger partial charge in [-0.3, -0.25) is 4.84 Å². The Labute approximate surface area is 88.7 Å². The van der Waals surface area contributed by atoms with Crippen molar-refractivity contribution in [3.63, 3.8) is 0 Å². The molecule has 2 N–H and O–H groups in total. The zero-order valence-corrected chi connectivity index (χ0v) is 8.64. The summed E-state index contributed by atoms with van der Waals surface area (Å²) >= 11 is 0. The van der Waals surface area contributed by atoms with Gasteiger partial charge >= 0.3 is 0 Å². The van der Waals surface area contributed by atoms with Gasteiger partial charge in [0.2, 0.25) is 5.90 Å². The van der Waals surface area contributed by atoms with Crippen LogP contribution >= 0.6 is 0 Å². The molecule has 0 amide bonds. The van der Waals surface area contributed by atoms with Crippen LogP contribution in [0.5, 0.6) is 0 Å². The smallest absolute Gasteiger partial charge is 0.216 e. The Balaban J connectivity index is 2.13. The number of hydrogen-bond acceptors (Lipinski definition) is 4. The van der Waals surface area contributed by atoms with E-state index in [2.05, 4.69) is 9.83 Å². The van der Waals surface area contributed by atoms with E-state index in [4.69, 9.17) is 10.6 Å². The molecule has 1 unspecified atom stereocenters. The molecule has 0 fully saturated rings. The van der Waals surface area contributed by atoms with Gasteiger partial charge in [-0.15, -0.1) is 0 Å². The molecule has 1 atom stereocenters. The second-order valence-corrected chi connectivity index (χ2v) is 3.60. The quantitative estimate of drug-likeness (QED) is 0.757. The van der Waals surface area contributed by atoms with E-state index in [0.29, 0.717) is 13.2 Å². The van der Waals surface area contributed by atoms with E-state index < -0.39 is 0 Å². The Morgan fingerprint density at radius 2 is 2.20 bits per heavy atom. The van der Waals surface area contributed by atoms with Crippen molar-refractivity contribution in [1.82, 2.24) is 0 Å². The predicted octanol–water partition coefficient (Wildman–Crippen LogP) is 1.24. The molecule has 1 aliphatic rings. The standard InChI is InChI=1S/C11H14N2O2/c1-8-6-14-11(13-8)10-4-2-9(3-5-10)7-15-12/h2-5,8H,6-7,12H2,1H3. The van der Waals surface area contributed by atoms with Gasteiger partial charge in [0.1, 0.15) is 6.61 Å². The maximum Gasteiger partial charge on any atom is 0.216 e. The van der Waals surface area contributed by atoms with Gasteiger partial charge in [0, 0.05) is 5.56 Å². The number of rotatable bonds is 3. The Morgan fingerprint density at radius 3 is 2.73 bits per heavy atom. The molecule has 1 aromatic carbocycles. The summed E-state index contributed by atoms with van der Waals surface area (Å²) in [7, 11) is 0. The van der Waals surface area contributed by atoms with Crippen molar-refractivity contribution in [1.29, 1.82) is 0 Å². The van der Waals surface area contributed by atoms with Crippen LogP contribution in [0.4, 0.5) is 0 Å². The fourth-order valence-electron chi connectivity index (χ4n) is 1.47. The molecule has 0 radical (unpaired) electrons. The third-order valence-electron chi connectivity index (χ3n) is 2.25. The molecule has 0 saturated carbocycles. The van der Waals surface area contributed by atoms with E-state index in [1.807, 2.05) is 31.2 Å². The minimum absolute atomic E-state index is 0.257. The van der Waals surface area contributed by atoms with E-state index >= 15 is 0 Å². The topological polar surface area (TPSA) is 56.8 Å². The van der Waals surface area contributed by atoms with Crippen molar-refractivity contribution in [3.8, 4) is 0 Å². The van der Waals surface area contributed by atoms with E-state index in [1.165, 1.54) is 0 Å². The maximum absolute atomic E-state index is 5.45. The van der Waals surface area contributed by atoms with Crippen molar-refractivity contribution in [2.75, 3.05) is 6.61 Å². The van der Waals surface area contributed by atoms with Gasteiger partial charge in [-0.25, -0.2) is 10.9 Å². The molecule has 4 heteroatoms. The van der Waals surface area contributed by atoms with Crippen molar-refractivity contribution in [3.05, 3.63) is 35.4 Å². The van der Waals surface area contributed by atoms with E-state index in [-0.39, 0.29) is 6.04 Å².